The minimum absolute atomic E-state index is 0.705. The number of nitrogens with one attached hydrogen (secondary N) is 1. The Bertz CT molecular complexity index is 1190. The second-order valence-electron chi connectivity index (χ2n) is 10.1. The fraction of sp³-hybridized carbons (Fsp3) is 0.387. The van der Waals surface area contributed by atoms with Crippen LogP contribution in [0, 0.1) is 0 Å². The van der Waals surface area contributed by atoms with E-state index in [2.05, 4.69) is 39.0 Å². The average Bonchev–Trinajstić information content (AvgIpc) is 3.77. The second-order valence-corrected chi connectivity index (χ2v) is 10.1. The second kappa shape index (κ2) is 11.9. The number of likely N-dealkylation sites (tertiary alicyclic amines) is 2. The molecule has 38 heavy (non-hydrogen) atoms. The number of benzene rings is 2. The first-order valence-electron chi connectivity index (χ1n) is 13.9. The van der Waals surface area contributed by atoms with E-state index in [0.717, 1.165) is 47.1 Å². The van der Waals surface area contributed by atoms with Gasteiger partial charge in [0.1, 0.15) is 24.7 Å². The summed E-state index contributed by atoms with van der Waals surface area (Å²) in [6, 6.07) is 20.2. The minimum Gasteiger partial charge on any atom is -0.492 e. The van der Waals surface area contributed by atoms with Crippen molar-refractivity contribution in [3.63, 3.8) is 0 Å². The highest BCUT2D eigenvalue weighted by Crippen LogP contribution is 2.34. The van der Waals surface area contributed by atoms with Gasteiger partial charge in [-0.2, -0.15) is 0 Å². The Kier molecular flexibility index (Phi) is 7.74. The number of furan rings is 1. The predicted octanol–water partition coefficient (Wildman–Crippen LogP) is 5.95. The smallest absolute Gasteiger partial charge is 0.174 e. The van der Waals surface area contributed by atoms with Crippen LogP contribution in [0.2, 0.25) is 0 Å². The highest BCUT2D eigenvalue weighted by Gasteiger charge is 2.17. The SMILES string of the molecule is c1coc(-c2nc(-c3ccc(OCCN4CCCC4)cc3)c(-c3ccc(OCCN4CCCC4)cc3)[nH]2)c1. The zero-order valence-corrected chi connectivity index (χ0v) is 21.9. The van der Waals surface area contributed by atoms with Gasteiger partial charge >= 0.3 is 0 Å². The maximum Gasteiger partial charge on any atom is 0.174 e. The Morgan fingerprint density at radius 3 is 1.79 bits per heavy atom. The van der Waals surface area contributed by atoms with E-state index in [4.69, 9.17) is 18.9 Å². The number of hydrogen-bond donors (Lipinski definition) is 1. The third-order valence-corrected chi connectivity index (χ3v) is 7.48. The molecule has 7 heteroatoms. The molecule has 7 nitrogen and oxygen atoms in total. The molecule has 2 fully saturated rings. The number of hydrogen-bond acceptors (Lipinski definition) is 6. The van der Waals surface area contributed by atoms with Gasteiger partial charge in [0.15, 0.2) is 11.6 Å². The van der Waals surface area contributed by atoms with Crippen molar-refractivity contribution >= 4 is 0 Å². The first-order chi connectivity index (χ1) is 18.8. The van der Waals surface area contributed by atoms with Crippen molar-refractivity contribution in [2.75, 3.05) is 52.5 Å². The number of H-pyrrole nitrogens is 1. The van der Waals surface area contributed by atoms with Crippen molar-refractivity contribution < 1.29 is 13.9 Å². The van der Waals surface area contributed by atoms with Crippen LogP contribution in [-0.2, 0) is 0 Å². The highest BCUT2D eigenvalue weighted by molar-refractivity contribution is 5.81. The molecule has 2 aromatic carbocycles. The Hall–Kier alpha value is -3.55. The molecule has 0 bridgehead atoms. The highest BCUT2D eigenvalue weighted by atomic mass is 16.5. The lowest BCUT2D eigenvalue weighted by Crippen LogP contribution is -2.25. The summed E-state index contributed by atoms with van der Waals surface area (Å²) in [5.74, 6) is 3.18. The van der Waals surface area contributed by atoms with Crippen LogP contribution in [0.1, 0.15) is 25.7 Å². The normalized spacial score (nSPS) is 16.3. The molecule has 0 unspecified atom stereocenters. The lowest BCUT2D eigenvalue weighted by Gasteiger charge is -2.15. The monoisotopic (exact) mass is 512 g/mol. The van der Waals surface area contributed by atoms with Crippen LogP contribution in [0.15, 0.2) is 71.3 Å². The number of aromatic nitrogens is 2. The number of nitrogens with zero attached hydrogens (tertiary/aromatic N) is 3. The molecule has 1 N–H and O–H groups in total. The van der Waals surface area contributed by atoms with Gasteiger partial charge < -0.3 is 18.9 Å². The number of ether oxygens (including phenoxy) is 2. The standard InChI is InChI=1S/C31H36N4O3/c1-2-16-34(15-1)19-22-36-26-11-7-24(8-12-26)29-30(33-31(32-29)28-6-5-21-38-28)25-9-13-27(14-10-25)37-23-20-35-17-3-4-18-35/h5-14,21H,1-4,15-20,22-23H2,(H,32,33). The van der Waals surface area contributed by atoms with Gasteiger partial charge in [-0.3, -0.25) is 9.80 Å². The lowest BCUT2D eigenvalue weighted by molar-refractivity contribution is 0.237. The quantitative estimate of drug-likeness (QED) is 0.268. The molecule has 2 aliphatic heterocycles. The maximum absolute atomic E-state index is 6.02. The molecule has 0 saturated carbocycles. The number of rotatable bonds is 11. The van der Waals surface area contributed by atoms with E-state index in [1.54, 1.807) is 6.26 Å². The van der Waals surface area contributed by atoms with Crippen molar-refractivity contribution in [1.82, 2.24) is 19.8 Å². The van der Waals surface area contributed by atoms with Crippen LogP contribution in [-0.4, -0.2) is 72.3 Å². The van der Waals surface area contributed by atoms with E-state index in [9.17, 15) is 0 Å². The van der Waals surface area contributed by atoms with Crippen molar-refractivity contribution in [2.24, 2.45) is 0 Å². The zero-order valence-electron chi connectivity index (χ0n) is 21.9. The summed E-state index contributed by atoms with van der Waals surface area (Å²) in [5, 5.41) is 0. The molecule has 2 saturated heterocycles. The molecule has 6 rings (SSSR count). The van der Waals surface area contributed by atoms with Crippen LogP contribution in [0.25, 0.3) is 34.1 Å². The van der Waals surface area contributed by atoms with Crippen molar-refractivity contribution in [2.45, 2.75) is 25.7 Å². The van der Waals surface area contributed by atoms with Gasteiger partial charge in [-0.15, -0.1) is 0 Å². The molecule has 0 amide bonds. The number of aromatic amines is 1. The third kappa shape index (κ3) is 5.95. The van der Waals surface area contributed by atoms with E-state index in [1.807, 2.05) is 36.4 Å². The Labute approximate surface area is 224 Å². The lowest BCUT2D eigenvalue weighted by atomic mass is 10.0. The van der Waals surface area contributed by atoms with Crippen LogP contribution in [0.5, 0.6) is 11.5 Å². The van der Waals surface area contributed by atoms with E-state index in [0.29, 0.717) is 24.8 Å². The Morgan fingerprint density at radius 1 is 0.711 bits per heavy atom. The summed E-state index contributed by atoms with van der Waals surface area (Å²) in [6.07, 6.45) is 6.87. The molecule has 2 aromatic heterocycles. The largest absolute Gasteiger partial charge is 0.492 e. The van der Waals surface area contributed by atoms with E-state index in [1.165, 1.54) is 51.9 Å². The summed E-state index contributed by atoms with van der Waals surface area (Å²) in [5.41, 5.74) is 3.89. The zero-order chi connectivity index (χ0) is 25.6. The summed E-state index contributed by atoms with van der Waals surface area (Å²) >= 11 is 0. The molecule has 0 aliphatic carbocycles. The van der Waals surface area contributed by atoms with Crippen LogP contribution in [0.3, 0.4) is 0 Å². The van der Waals surface area contributed by atoms with E-state index < -0.39 is 0 Å². The maximum atomic E-state index is 6.02. The van der Waals surface area contributed by atoms with Crippen molar-refractivity contribution in [3.8, 4) is 45.6 Å². The van der Waals surface area contributed by atoms with Gasteiger partial charge in [0.05, 0.1) is 17.7 Å². The summed E-state index contributed by atoms with van der Waals surface area (Å²) in [7, 11) is 0. The third-order valence-electron chi connectivity index (χ3n) is 7.48. The molecule has 4 aromatic rings. The molecular weight excluding hydrogens is 476 g/mol. The fourth-order valence-electron chi connectivity index (χ4n) is 5.35. The van der Waals surface area contributed by atoms with Gasteiger partial charge in [0, 0.05) is 24.2 Å². The van der Waals surface area contributed by atoms with Crippen molar-refractivity contribution in [3.05, 3.63) is 66.9 Å². The van der Waals surface area contributed by atoms with Gasteiger partial charge in [-0.05, 0) is 113 Å². The summed E-state index contributed by atoms with van der Waals surface area (Å²) in [6.45, 7) is 8.14. The molecule has 2 aliphatic rings. The molecule has 4 heterocycles. The first kappa shape index (κ1) is 24.8. The Morgan fingerprint density at radius 2 is 1.26 bits per heavy atom. The first-order valence-corrected chi connectivity index (χ1v) is 13.9. The predicted molar refractivity (Wildman–Crippen MR) is 149 cm³/mol. The van der Waals surface area contributed by atoms with Crippen molar-refractivity contribution in [1.29, 1.82) is 0 Å². The molecule has 0 spiro atoms. The molecule has 0 atom stereocenters. The average molecular weight is 513 g/mol. The molecular formula is C31H36N4O3. The van der Waals surface area contributed by atoms with Crippen LogP contribution < -0.4 is 9.47 Å². The summed E-state index contributed by atoms with van der Waals surface area (Å²) < 4.78 is 17.7. The summed E-state index contributed by atoms with van der Waals surface area (Å²) in [4.78, 5) is 13.3. The van der Waals surface area contributed by atoms with Gasteiger partial charge in [-0.1, -0.05) is 0 Å². The van der Waals surface area contributed by atoms with Gasteiger partial charge in [0.2, 0.25) is 0 Å². The molecule has 198 valence electrons. The topological polar surface area (TPSA) is 66.8 Å². The van der Waals surface area contributed by atoms with E-state index in [-0.39, 0.29) is 0 Å². The van der Waals surface area contributed by atoms with Crippen LogP contribution >= 0.6 is 0 Å². The molecule has 0 radical (unpaired) electrons. The fourth-order valence-corrected chi connectivity index (χ4v) is 5.35. The Balaban J connectivity index is 1.17. The minimum atomic E-state index is 0.705. The van der Waals surface area contributed by atoms with Crippen LogP contribution in [0.4, 0.5) is 0 Å². The van der Waals surface area contributed by atoms with Gasteiger partial charge in [-0.25, -0.2) is 4.98 Å². The van der Waals surface area contributed by atoms with E-state index >= 15 is 0 Å². The van der Waals surface area contributed by atoms with Gasteiger partial charge in [0.25, 0.3) is 0 Å². The number of imidazole rings is 1.